The summed E-state index contributed by atoms with van der Waals surface area (Å²) in [5, 5.41) is 9.33. The lowest BCUT2D eigenvalue weighted by Gasteiger charge is -2.44. The number of hydrogen-bond donors (Lipinski definition) is 2. The molecule has 2 aliphatic heterocycles. The number of hydroxylamine groups is 1. The molecule has 2 fully saturated rings. The van der Waals surface area contributed by atoms with Gasteiger partial charge in [0.05, 0.1) is 18.8 Å². The molecule has 200 valence electrons. The quantitative estimate of drug-likeness (QED) is 0.289. The van der Waals surface area contributed by atoms with Crippen LogP contribution in [-0.2, 0) is 24.3 Å². The van der Waals surface area contributed by atoms with Crippen molar-refractivity contribution in [3.05, 3.63) is 48.2 Å². The van der Waals surface area contributed by atoms with Crippen LogP contribution in [0.2, 0.25) is 0 Å². The van der Waals surface area contributed by atoms with Gasteiger partial charge in [-0.1, -0.05) is 0 Å². The molecule has 4 rings (SSSR count). The van der Waals surface area contributed by atoms with Crippen molar-refractivity contribution in [3.8, 4) is 11.6 Å². The van der Waals surface area contributed by atoms with E-state index < -0.39 is 51.8 Å². The van der Waals surface area contributed by atoms with Crippen LogP contribution in [0.5, 0.6) is 11.6 Å². The fraction of sp³-hybridized carbons (Fsp3) is 0.409. The summed E-state index contributed by atoms with van der Waals surface area (Å²) in [7, 11) is -2.90. The van der Waals surface area contributed by atoms with Crippen LogP contribution in [0.15, 0.2) is 41.4 Å². The molecule has 0 saturated carbocycles. The number of aromatic nitrogens is 1. The molecule has 2 amide bonds. The Bertz CT molecular complexity index is 1260. The number of methoxy groups -OCH3 is 1. The SMILES string of the molecule is COCCOC(=O)N1[C@@H]2CC[C@H]1[C@H](C(=O)NO)N(S(=O)(=O)c1ccc(Oc3ccc(F)cc3F)nc1)C2. The van der Waals surface area contributed by atoms with Crippen molar-refractivity contribution in [3.63, 3.8) is 0 Å². The standard InChI is InChI=1S/C22H24F2N4O8S/c1-34-8-9-35-22(30)28-14-3-5-17(28)20(21(29)26-31)27(12-14)37(32,33)15-4-7-19(25-11-15)36-18-6-2-13(23)10-16(18)24/h2,4,6-7,10-11,14,17,20,31H,3,5,8-9,12H2,1H3,(H,26,29)/t14-,17+,20-/m1/s1. The fourth-order valence-electron chi connectivity index (χ4n) is 4.49. The van der Waals surface area contributed by atoms with Crippen LogP contribution in [0, 0.1) is 11.6 Å². The average Bonchev–Trinajstić information content (AvgIpc) is 3.18. The van der Waals surface area contributed by atoms with Crippen molar-refractivity contribution in [2.24, 2.45) is 0 Å². The molecule has 15 heteroatoms. The predicted octanol–water partition coefficient (Wildman–Crippen LogP) is 1.65. The lowest BCUT2D eigenvalue weighted by atomic mass is 10.1. The number of ether oxygens (including phenoxy) is 3. The van der Waals surface area contributed by atoms with Crippen molar-refractivity contribution in [2.75, 3.05) is 26.9 Å². The predicted molar refractivity (Wildman–Crippen MR) is 120 cm³/mol. The van der Waals surface area contributed by atoms with Crippen LogP contribution >= 0.6 is 0 Å². The number of carbonyl (C=O) groups is 2. The molecule has 2 aromatic rings. The Balaban J connectivity index is 1.57. The number of hydrogen-bond acceptors (Lipinski definition) is 9. The van der Waals surface area contributed by atoms with Crippen LogP contribution in [0.3, 0.4) is 0 Å². The maximum atomic E-state index is 13.9. The van der Waals surface area contributed by atoms with Crippen molar-refractivity contribution in [2.45, 2.75) is 35.9 Å². The summed E-state index contributed by atoms with van der Waals surface area (Å²) < 4.78 is 70.2. The number of piperazine rings is 1. The Labute approximate surface area is 210 Å². The minimum Gasteiger partial charge on any atom is -0.447 e. The van der Waals surface area contributed by atoms with Crippen LogP contribution in [0.1, 0.15) is 12.8 Å². The second-order valence-electron chi connectivity index (χ2n) is 8.32. The molecule has 0 unspecified atom stereocenters. The summed E-state index contributed by atoms with van der Waals surface area (Å²) in [5.41, 5.74) is 1.49. The number of nitrogens with zero attached hydrogens (tertiary/aromatic N) is 3. The Hall–Kier alpha value is -3.40. The van der Waals surface area contributed by atoms with E-state index >= 15 is 0 Å². The highest BCUT2D eigenvalue weighted by atomic mass is 32.2. The highest BCUT2D eigenvalue weighted by Gasteiger charge is 2.55. The molecule has 0 aliphatic carbocycles. The Morgan fingerprint density at radius 1 is 1.19 bits per heavy atom. The molecule has 2 bridgehead atoms. The molecule has 12 nitrogen and oxygen atoms in total. The number of halogens is 2. The van der Waals surface area contributed by atoms with E-state index in [1.165, 1.54) is 23.6 Å². The third kappa shape index (κ3) is 5.34. The highest BCUT2D eigenvalue weighted by Crippen LogP contribution is 2.38. The number of pyridine rings is 1. The van der Waals surface area contributed by atoms with E-state index in [-0.39, 0.29) is 36.3 Å². The molecule has 1 aromatic carbocycles. The number of sulfonamides is 1. The zero-order chi connectivity index (χ0) is 26.7. The number of benzene rings is 1. The van der Waals surface area contributed by atoms with Gasteiger partial charge in [-0.25, -0.2) is 32.5 Å². The topological polar surface area (TPSA) is 148 Å². The van der Waals surface area contributed by atoms with Gasteiger partial charge in [0, 0.05) is 31.8 Å². The van der Waals surface area contributed by atoms with Gasteiger partial charge in [-0.15, -0.1) is 0 Å². The number of carbonyl (C=O) groups excluding carboxylic acids is 2. The maximum Gasteiger partial charge on any atom is 0.410 e. The summed E-state index contributed by atoms with van der Waals surface area (Å²) in [4.78, 5) is 30.2. The van der Waals surface area contributed by atoms with Gasteiger partial charge in [-0.2, -0.15) is 4.31 Å². The molecular formula is C22H24F2N4O8S. The van der Waals surface area contributed by atoms with Gasteiger partial charge in [0.15, 0.2) is 11.6 Å². The molecule has 0 radical (unpaired) electrons. The molecule has 2 aliphatic rings. The van der Waals surface area contributed by atoms with Gasteiger partial charge in [-0.05, 0) is 31.0 Å². The van der Waals surface area contributed by atoms with Crippen LogP contribution in [0.25, 0.3) is 0 Å². The first kappa shape index (κ1) is 26.7. The lowest BCUT2D eigenvalue weighted by molar-refractivity contribution is -0.136. The molecule has 37 heavy (non-hydrogen) atoms. The Morgan fingerprint density at radius 3 is 2.62 bits per heavy atom. The highest BCUT2D eigenvalue weighted by molar-refractivity contribution is 7.89. The van der Waals surface area contributed by atoms with Crippen LogP contribution in [-0.4, -0.2) is 84.8 Å². The molecule has 3 atom stereocenters. The lowest BCUT2D eigenvalue weighted by Crippen LogP contribution is -2.66. The molecule has 2 N–H and O–H groups in total. The Morgan fingerprint density at radius 2 is 1.97 bits per heavy atom. The zero-order valence-corrected chi connectivity index (χ0v) is 20.4. The van der Waals surface area contributed by atoms with E-state index in [4.69, 9.17) is 14.2 Å². The zero-order valence-electron chi connectivity index (χ0n) is 19.5. The number of amides is 2. The second-order valence-corrected chi connectivity index (χ2v) is 10.2. The van der Waals surface area contributed by atoms with Gasteiger partial charge in [0.2, 0.25) is 15.9 Å². The third-order valence-electron chi connectivity index (χ3n) is 6.14. The van der Waals surface area contributed by atoms with E-state index in [2.05, 4.69) is 4.98 Å². The van der Waals surface area contributed by atoms with Crippen LogP contribution < -0.4 is 10.2 Å². The largest absolute Gasteiger partial charge is 0.447 e. The van der Waals surface area contributed by atoms with Crippen molar-refractivity contribution in [1.82, 2.24) is 19.7 Å². The monoisotopic (exact) mass is 542 g/mol. The average molecular weight is 543 g/mol. The number of fused-ring (bicyclic) bond motifs is 2. The van der Waals surface area contributed by atoms with Gasteiger partial charge in [0.25, 0.3) is 5.91 Å². The first-order valence-corrected chi connectivity index (χ1v) is 12.6. The van der Waals surface area contributed by atoms with E-state index in [1.54, 1.807) is 0 Å². The van der Waals surface area contributed by atoms with Gasteiger partial charge in [0.1, 0.15) is 23.4 Å². The first-order chi connectivity index (χ1) is 17.7. The van der Waals surface area contributed by atoms with Crippen molar-refractivity contribution >= 4 is 22.0 Å². The number of rotatable bonds is 8. The molecular weight excluding hydrogens is 518 g/mol. The number of nitrogens with one attached hydrogen (secondary N) is 1. The van der Waals surface area contributed by atoms with E-state index in [0.29, 0.717) is 18.9 Å². The second kappa shape index (κ2) is 10.9. The summed E-state index contributed by atoms with van der Waals surface area (Å²) in [6, 6.07) is 2.13. The molecule has 3 heterocycles. The first-order valence-electron chi connectivity index (χ1n) is 11.2. The third-order valence-corrected chi connectivity index (χ3v) is 7.97. The van der Waals surface area contributed by atoms with E-state index in [1.807, 2.05) is 0 Å². The Kier molecular flexibility index (Phi) is 7.87. The molecule has 1 aromatic heterocycles. The van der Waals surface area contributed by atoms with E-state index in [9.17, 15) is 32.0 Å². The fourth-order valence-corrected chi connectivity index (χ4v) is 6.09. The van der Waals surface area contributed by atoms with Crippen molar-refractivity contribution < 1.29 is 46.2 Å². The minimum atomic E-state index is -4.34. The molecule has 2 saturated heterocycles. The van der Waals surface area contributed by atoms with Crippen LogP contribution in [0.4, 0.5) is 13.6 Å². The summed E-state index contributed by atoms with van der Waals surface area (Å²) >= 11 is 0. The normalized spacial score (nSPS) is 21.5. The van der Waals surface area contributed by atoms with Crippen molar-refractivity contribution in [1.29, 1.82) is 0 Å². The molecule has 0 spiro atoms. The summed E-state index contributed by atoms with van der Waals surface area (Å²) in [6.07, 6.45) is 0.975. The van der Waals surface area contributed by atoms with Gasteiger partial charge < -0.3 is 14.2 Å². The summed E-state index contributed by atoms with van der Waals surface area (Å²) in [5.74, 6) is -3.24. The van der Waals surface area contributed by atoms with E-state index in [0.717, 1.165) is 28.7 Å². The minimum absolute atomic E-state index is 0.0218. The smallest absolute Gasteiger partial charge is 0.410 e. The maximum absolute atomic E-state index is 13.9. The van der Waals surface area contributed by atoms with Gasteiger partial charge in [-0.3, -0.25) is 14.9 Å². The summed E-state index contributed by atoms with van der Waals surface area (Å²) in [6.45, 7) is -0.0854. The van der Waals surface area contributed by atoms with Gasteiger partial charge >= 0.3 is 6.09 Å².